The predicted octanol–water partition coefficient (Wildman–Crippen LogP) is 4.47. The van der Waals surface area contributed by atoms with E-state index in [1.54, 1.807) is 0 Å². The molecule has 1 aromatic rings. The first-order valence-corrected chi connectivity index (χ1v) is 9.30. The Hall–Kier alpha value is -0.513. The lowest BCUT2D eigenvalue weighted by Crippen LogP contribution is -2.39. The highest BCUT2D eigenvalue weighted by Gasteiger charge is 2.37. The molecule has 0 aliphatic carbocycles. The Balaban J connectivity index is 2.61. The van der Waals surface area contributed by atoms with Gasteiger partial charge in [0.05, 0.1) is 0 Å². The lowest BCUT2D eigenvalue weighted by Gasteiger charge is -2.24. The van der Waals surface area contributed by atoms with Gasteiger partial charge in [-0.3, -0.25) is 0 Å². The zero-order valence-electron chi connectivity index (χ0n) is 10.6. The van der Waals surface area contributed by atoms with E-state index in [0.29, 0.717) is 6.61 Å². The summed E-state index contributed by atoms with van der Waals surface area (Å²) in [6.45, 7) is 4.90. The van der Waals surface area contributed by atoms with E-state index in [4.69, 9.17) is 19.9 Å². The fourth-order valence-electron chi connectivity index (χ4n) is 1.46. The standard InChI is InChI=1S/C13H21ClO2Si/c1-3-5-12-17(14,15-11-4-2)16-13-9-7-6-8-10-13/h6-10H,3-5,11-12H2,1-2H3. The fraction of sp³-hybridized carbons (Fsp3) is 0.538. The summed E-state index contributed by atoms with van der Waals surface area (Å²) in [5.41, 5.74) is 0. The zero-order valence-corrected chi connectivity index (χ0v) is 12.4. The van der Waals surface area contributed by atoms with Gasteiger partial charge < -0.3 is 8.85 Å². The number of para-hydroxylation sites is 1. The molecule has 17 heavy (non-hydrogen) atoms. The van der Waals surface area contributed by atoms with Crippen molar-refractivity contribution < 1.29 is 8.85 Å². The third-order valence-electron chi connectivity index (χ3n) is 2.36. The van der Waals surface area contributed by atoms with Crippen molar-refractivity contribution in [3.05, 3.63) is 30.3 Å². The predicted molar refractivity (Wildman–Crippen MR) is 74.6 cm³/mol. The Kier molecular flexibility index (Phi) is 6.63. The zero-order chi connectivity index (χ0) is 12.6. The molecular weight excluding hydrogens is 252 g/mol. The van der Waals surface area contributed by atoms with Crippen molar-refractivity contribution in [1.29, 1.82) is 0 Å². The second-order valence-corrected chi connectivity index (χ2v) is 8.07. The lowest BCUT2D eigenvalue weighted by molar-refractivity contribution is 0.254. The molecule has 0 radical (unpaired) electrons. The van der Waals surface area contributed by atoms with E-state index in [1.807, 2.05) is 30.3 Å². The number of halogens is 1. The first kappa shape index (κ1) is 14.5. The highest BCUT2D eigenvalue weighted by atomic mass is 35.6. The quantitative estimate of drug-likeness (QED) is 0.513. The minimum absolute atomic E-state index is 0.673. The van der Waals surface area contributed by atoms with Crippen LogP contribution in [0.25, 0.3) is 0 Å². The monoisotopic (exact) mass is 272 g/mol. The lowest BCUT2D eigenvalue weighted by atomic mass is 10.3. The van der Waals surface area contributed by atoms with Gasteiger partial charge in [-0.2, -0.15) is 0 Å². The summed E-state index contributed by atoms with van der Waals surface area (Å²) in [5.74, 6) is 0.807. The molecule has 0 fully saturated rings. The second-order valence-electron chi connectivity index (χ2n) is 4.03. The molecule has 1 unspecified atom stereocenters. The average molecular weight is 273 g/mol. The molecule has 0 N–H and O–H groups in total. The number of benzene rings is 1. The van der Waals surface area contributed by atoms with Gasteiger partial charge in [0, 0.05) is 12.7 Å². The first-order chi connectivity index (χ1) is 8.20. The second kappa shape index (κ2) is 7.74. The third kappa shape index (κ3) is 5.57. The maximum atomic E-state index is 6.53. The van der Waals surface area contributed by atoms with Crippen LogP contribution in [0.3, 0.4) is 0 Å². The molecule has 0 aliphatic heterocycles. The molecule has 0 heterocycles. The van der Waals surface area contributed by atoms with Crippen molar-refractivity contribution in [2.45, 2.75) is 39.2 Å². The van der Waals surface area contributed by atoms with E-state index in [9.17, 15) is 0 Å². The number of rotatable bonds is 8. The minimum Gasteiger partial charge on any atom is -0.510 e. The van der Waals surface area contributed by atoms with Gasteiger partial charge in [-0.05, 0) is 25.0 Å². The average Bonchev–Trinajstić information content (AvgIpc) is 2.35. The van der Waals surface area contributed by atoms with Crippen molar-refractivity contribution in [1.82, 2.24) is 0 Å². The third-order valence-corrected chi connectivity index (χ3v) is 5.62. The summed E-state index contributed by atoms with van der Waals surface area (Å²) < 4.78 is 11.7. The van der Waals surface area contributed by atoms with Crippen LogP contribution in [0.2, 0.25) is 6.04 Å². The number of hydrogen-bond acceptors (Lipinski definition) is 2. The summed E-state index contributed by atoms with van der Waals surface area (Å²) in [7, 11) is -2.56. The Morgan fingerprint density at radius 3 is 2.41 bits per heavy atom. The molecule has 0 saturated heterocycles. The number of unbranched alkanes of at least 4 members (excludes halogenated alkanes) is 1. The molecule has 0 bridgehead atoms. The summed E-state index contributed by atoms with van der Waals surface area (Å²) in [6.07, 6.45) is 3.12. The molecule has 2 nitrogen and oxygen atoms in total. The van der Waals surface area contributed by atoms with Crippen LogP contribution < -0.4 is 4.43 Å². The Morgan fingerprint density at radius 1 is 1.12 bits per heavy atom. The van der Waals surface area contributed by atoms with Crippen LogP contribution in [0, 0.1) is 0 Å². The normalized spacial score (nSPS) is 14.3. The van der Waals surface area contributed by atoms with Crippen LogP contribution in [0.1, 0.15) is 33.1 Å². The molecule has 96 valence electrons. The van der Waals surface area contributed by atoms with Crippen molar-refractivity contribution in [2.24, 2.45) is 0 Å². The molecule has 1 atom stereocenters. The topological polar surface area (TPSA) is 18.5 Å². The van der Waals surface area contributed by atoms with E-state index in [0.717, 1.165) is 31.1 Å². The highest BCUT2D eigenvalue weighted by molar-refractivity contribution is 7.13. The molecular formula is C13H21ClO2Si. The minimum atomic E-state index is -2.56. The summed E-state index contributed by atoms with van der Waals surface area (Å²) >= 11 is 6.53. The van der Waals surface area contributed by atoms with Gasteiger partial charge in [0.2, 0.25) is 0 Å². The SMILES string of the molecule is CCCC[Si](Cl)(OCCC)Oc1ccccc1. The summed E-state index contributed by atoms with van der Waals surface area (Å²) in [6, 6.07) is 10.5. The molecule has 0 spiro atoms. The first-order valence-electron chi connectivity index (χ1n) is 6.27. The molecule has 4 heteroatoms. The van der Waals surface area contributed by atoms with E-state index in [2.05, 4.69) is 13.8 Å². The van der Waals surface area contributed by atoms with Crippen LogP contribution in [0.5, 0.6) is 5.75 Å². The maximum Gasteiger partial charge on any atom is 0.505 e. The highest BCUT2D eigenvalue weighted by Crippen LogP contribution is 2.25. The largest absolute Gasteiger partial charge is 0.510 e. The van der Waals surface area contributed by atoms with Gasteiger partial charge in [-0.1, -0.05) is 49.5 Å². The van der Waals surface area contributed by atoms with Gasteiger partial charge in [-0.25, -0.2) is 0 Å². The van der Waals surface area contributed by atoms with Crippen LogP contribution >= 0.6 is 11.1 Å². The molecule has 0 amide bonds. The van der Waals surface area contributed by atoms with Crippen molar-refractivity contribution >= 4 is 18.9 Å². The van der Waals surface area contributed by atoms with Crippen LogP contribution in [-0.4, -0.2) is 14.5 Å². The maximum absolute atomic E-state index is 6.53. The van der Waals surface area contributed by atoms with Crippen LogP contribution in [0.15, 0.2) is 30.3 Å². The van der Waals surface area contributed by atoms with Crippen molar-refractivity contribution in [3.8, 4) is 5.75 Å². The van der Waals surface area contributed by atoms with E-state index >= 15 is 0 Å². The van der Waals surface area contributed by atoms with E-state index < -0.39 is 7.87 Å². The molecule has 0 aliphatic rings. The number of hydrogen-bond donors (Lipinski definition) is 0. The molecule has 0 saturated carbocycles. The van der Waals surface area contributed by atoms with Crippen molar-refractivity contribution in [3.63, 3.8) is 0 Å². The molecule has 0 aromatic heterocycles. The molecule has 1 rings (SSSR count). The summed E-state index contributed by atoms with van der Waals surface area (Å²) in [5, 5.41) is 0. The van der Waals surface area contributed by atoms with Crippen molar-refractivity contribution in [2.75, 3.05) is 6.61 Å². The van der Waals surface area contributed by atoms with Gasteiger partial charge in [0.15, 0.2) is 0 Å². The fourth-order valence-corrected chi connectivity index (χ4v) is 4.44. The van der Waals surface area contributed by atoms with Gasteiger partial charge in [-0.15, -0.1) is 0 Å². The van der Waals surface area contributed by atoms with Crippen LogP contribution in [-0.2, 0) is 4.43 Å². The van der Waals surface area contributed by atoms with Gasteiger partial charge >= 0.3 is 7.87 Å². The molecule has 1 aromatic carbocycles. The van der Waals surface area contributed by atoms with E-state index in [1.165, 1.54) is 0 Å². The van der Waals surface area contributed by atoms with Gasteiger partial charge in [0.25, 0.3) is 0 Å². The smallest absolute Gasteiger partial charge is 0.505 e. The summed E-state index contributed by atoms with van der Waals surface area (Å²) in [4.78, 5) is 0. The Bertz CT molecular complexity index is 298. The van der Waals surface area contributed by atoms with Gasteiger partial charge in [0.1, 0.15) is 5.75 Å². The van der Waals surface area contributed by atoms with Crippen LogP contribution in [0.4, 0.5) is 0 Å². The Labute approximate surface area is 110 Å². The van der Waals surface area contributed by atoms with E-state index in [-0.39, 0.29) is 0 Å². The Morgan fingerprint density at radius 2 is 1.82 bits per heavy atom.